The van der Waals surface area contributed by atoms with E-state index < -0.39 is 52.8 Å². The average molecular weight is 945 g/mol. The van der Waals surface area contributed by atoms with Crippen LogP contribution in [0.4, 0.5) is 24.8 Å². The van der Waals surface area contributed by atoms with Crippen LogP contribution in [0.1, 0.15) is 22.3 Å². The molecular weight excluding hydrogens is 899 g/mol. The Morgan fingerprint density at radius 1 is 0.825 bits per heavy atom. The molecule has 20 heteroatoms. The van der Waals surface area contributed by atoms with Crippen LogP contribution in [-0.4, -0.2) is 119 Å². The number of alkyl halides is 3. The number of sulfonamides is 1. The van der Waals surface area contributed by atoms with E-state index in [0.29, 0.717) is 94.8 Å². The maximum Gasteiger partial charge on any atom is 0.501 e. The van der Waals surface area contributed by atoms with Crippen molar-refractivity contribution in [1.82, 2.24) is 24.5 Å². The lowest BCUT2D eigenvalue weighted by Gasteiger charge is -2.35. The van der Waals surface area contributed by atoms with Gasteiger partial charge in [-0.05, 0) is 65.6 Å². The predicted octanol–water partition coefficient (Wildman–Crippen LogP) is 6.83. The number of nitrogens with one attached hydrogen (secondary N) is 2. The summed E-state index contributed by atoms with van der Waals surface area (Å²) < 4.78 is 103. The highest BCUT2D eigenvalue weighted by Crippen LogP contribution is 2.37. The number of amides is 1. The third-order valence-electron chi connectivity index (χ3n) is 10.7. The number of hydrogen-bond donors (Lipinski definition) is 2. The van der Waals surface area contributed by atoms with Crippen molar-refractivity contribution in [3.05, 3.63) is 126 Å². The maximum atomic E-state index is 14.1. The molecule has 0 saturated carbocycles. The molecule has 0 unspecified atom stereocenters. The summed E-state index contributed by atoms with van der Waals surface area (Å²) in [5, 5.41) is 3.63. The number of aromatic nitrogens is 2. The fourth-order valence-electron chi connectivity index (χ4n) is 7.19. The second kappa shape index (κ2) is 20.4. The van der Waals surface area contributed by atoms with Crippen LogP contribution in [0.25, 0.3) is 11.1 Å². The molecule has 2 N–H and O–H groups in total. The Hall–Kier alpha value is -4.76. The highest BCUT2D eigenvalue weighted by Gasteiger charge is 2.48. The summed E-state index contributed by atoms with van der Waals surface area (Å²) in [7, 11) is -11.0. The van der Waals surface area contributed by atoms with Gasteiger partial charge < -0.3 is 15.0 Å². The molecule has 0 bridgehead atoms. The zero-order valence-corrected chi connectivity index (χ0v) is 37.1. The van der Waals surface area contributed by atoms with Crippen molar-refractivity contribution >= 4 is 60.8 Å². The number of halogens is 4. The summed E-state index contributed by atoms with van der Waals surface area (Å²) >= 11 is 7.54. The van der Waals surface area contributed by atoms with Crippen LogP contribution < -0.4 is 14.9 Å². The summed E-state index contributed by atoms with van der Waals surface area (Å²) in [6.07, 6.45) is 2.73. The fraction of sp³-hybridized carbons (Fsp3) is 0.326. The van der Waals surface area contributed by atoms with Crippen molar-refractivity contribution in [3.63, 3.8) is 0 Å². The number of carbonyl (C=O) groups is 1. The number of rotatable bonds is 16. The molecule has 5 aromatic rings. The molecule has 7 rings (SSSR count). The normalized spacial score (nSPS) is 16.1. The van der Waals surface area contributed by atoms with Gasteiger partial charge in [-0.15, -0.1) is 11.8 Å². The van der Waals surface area contributed by atoms with Gasteiger partial charge in [-0.1, -0.05) is 66.2 Å². The second-order valence-electron chi connectivity index (χ2n) is 14.9. The van der Waals surface area contributed by atoms with Gasteiger partial charge in [0.2, 0.25) is 5.95 Å². The van der Waals surface area contributed by atoms with E-state index in [0.717, 1.165) is 46.1 Å². The van der Waals surface area contributed by atoms with E-state index >= 15 is 0 Å². The highest BCUT2D eigenvalue weighted by atomic mass is 35.5. The fourth-order valence-corrected chi connectivity index (χ4v) is 10.3. The van der Waals surface area contributed by atoms with E-state index in [-0.39, 0.29) is 5.56 Å². The van der Waals surface area contributed by atoms with Gasteiger partial charge in [-0.3, -0.25) is 14.6 Å². The molecular formula is C43H45ClF3N7O6S3. The molecule has 2 aliphatic heterocycles. The molecule has 334 valence electrons. The van der Waals surface area contributed by atoms with Gasteiger partial charge in [-0.2, -0.15) is 13.2 Å². The summed E-state index contributed by atoms with van der Waals surface area (Å²) in [6.45, 7) is 6.24. The van der Waals surface area contributed by atoms with E-state index in [2.05, 4.69) is 37.2 Å². The van der Waals surface area contributed by atoms with Gasteiger partial charge in [0.05, 0.1) is 29.4 Å². The number of hydrogen-bond acceptors (Lipinski definition) is 13. The lowest BCUT2D eigenvalue weighted by molar-refractivity contribution is -0.0435. The van der Waals surface area contributed by atoms with Crippen LogP contribution in [0.5, 0.6) is 0 Å². The van der Waals surface area contributed by atoms with Crippen LogP contribution in [0.2, 0.25) is 5.02 Å². The molecule has 0 radical (unpaired) electrons. The van der Waals surface area contributed by atoms with Crippen molar-refractivity contribution in [2.75, 3.05) is 75.0 Å². The second-order valence-corrected chi connectivity index (χ2v) is 20.1. The van der Waals surface area contributed by atoms with Gasteiger partial charge in [0.1, 0.15) is 4.90 Å². The number of ether oxygens (including phenoxy) is 1. The Labute approximate surface area is 374 Å². The first kappa shape index (κ1) is 46.2. The summed E-state index contributed by atoms with van der Waals surface area (Å²) in [4.78, 5) is 26.9. The highest BCUT2D eigenvalue weighted by molar-refractivity contribution is 7.99. The van der Waals surface area contributed by atoms with Crippen molar-refractivity contribution in [2.45, 2.75) is 39.2 Å². The molecule has 0 aliphatic carbocycles. The molecule has 63 heavy (non-hydrogen) atoms. The Morgan fingerprint density at radius 2 is 1.49 bits per heavy atom. The van der Waals surface area contributed by atoms with Crippen molar-refractivity contribution in [1.29, 1.82) is 0 Å². The number of carbonyl (C=O) groups excluding carboxylic acids is 1. The van der Waals surface area contributed by atoms with E-state index in [1.165, 1.54) is 11.8 Å². The van der Waals surface area contributed by atoms with Gasteiger partial charge >= 0.3 is 5.51 Å². The number of morpholine rings is 1. The summed E-state index contributed by atoms with van der Waals surface area (Å²) in [6, 6.07) is 27.0. The zero-order valence-electron chi connectivity index (χ0n) is 33.9. The molecule has 13 nitrogen and oxygen atoms in total. The monoisotopic (exact) mass is 943 g/mol. The third-order valence-corrected chi connectivity index (χ3v) is 14.9. The topological polar surface area (TPSA) is 154 Å². The molecule has 2 fully saturated rings. The molecule has 2 saturated heterocycles. The number of sulfone groups is 1. The zero-order chi connectivity index (χ0) is 44.6. The van der Waals surface area contributed by atoms with Crippen molar-refractivity contribution in [3.8, 4) is 11.1 Å². The minimum atomic E-state index is -6.07. The molecule has 4 aromatic carbocycles. The SMILES string of the molecule is O=C(NS(=O)(=O)c1ccc(N[C@H](CCN2CCOCC2)CSc2ccccc2)c(S(=O)(=O)C(F)(F)F)c1)c1cnc(N2CCN(Cc3ccccc3-c3ccc(Cl)cc3)CC2)nc1. The van der Waals surface area contributed by atoms with Crippen LogP contribution >= 0.6 is 23.4 Å². The lowest BCUT2D eigenvalue weighted by atomic mass is 9.99. The van der Waals surface area contributed by atoms with Gasteiger partial charge in [0.25, 0.3) is 25.8 Å². The Bertz CT molecular complexity index is 2560. The van der Waals surface area contributed by atoms with E-state index in [1.54, 1.807) is 0 Å². The lowest BCUT2D eigenvalue weighted by Crippen LogP contribution is -2.46. The number of piperazine rings is 1. The summed E-state index contributed by atoms with van der Waals surface area (Å²) in [5.74, 6) is -0.478. The van der Waals surface area contributed by atoms with Crippen LogP contribution in [0, 0.1) is 0 Å². The Balaban J connectivity index is 1.02. The minimum absolute atomic E-state index is 0.236. The Kier molecular flexibility index (Phi) is 15.0. The quantitative estimate of drug-likeness (QED) is 0.0996. The molecule has 0 spiro atoms. The third kappa shape index (κ3) is 11.9. The minimum Gasteiger partial charge on any atom is -0.380 e. The van der Waals surface area contributed by atoms with Crippen LogP contribution in [0.3, 0.4) is 0 Å². The van der Waals surface area contributed by atoms with Crippen molar-refractivity contribution in [2.24, 2.45) is 0 Å². The van der Waals surface area contributed by atoms with Gasteiger partial charge in [0.15, 0.2) is 0 Å². The van der Waals surface area contributed by atoms with Crippen LogP contribution in [0.15, 0.2) is 124 Å². The average Bonchev–Trinajstić information content (AvgIpc) is 3.28. The van der Waals surface area contributed by atoms with E-state index in [1.807, 2.05) is 76.4 Å². The number of nitrogens with zero attached hydrogens (tertiary/aromatic N) is 5. The van der Waals surface area contributed by atoms with Crippen LogP contribution in [-0.2, 0) is 31.1 Å². The predicted molar refractivity (Wildman–Crippen MR) is 237 cm³/mol. The van der Waals surface area contributed by atoms with Crippen molar-refractivity contribution < 1.29 is 39.5 Å². The molecule has 1 atom stereocenters. The molecule has 2 aliphatic rings. The smallest absolute Gasteiger partial charge is 0.380 e. The largest absolute Gasteiger partial charge is 0.501 e. The molecule has 1 amide bonds. The first-order chi connectivity index (χ1) is 30.2. The standard InChI is InChI=1S/C43H45ClF3N7O6S3/c44-34-12-10-31(11-13-34)38-9-5-4-6-32(38)29-53-18-20-54(21-19-53)42-48-27-33(28-49-42)41(55)51-63(58,59)37-14-15-39(40(26-37)62(56,57)43(45,46)47)50-35(16-17-52-22-24-60-25-23-52)30-61-36-7-2-1-3-8-36/h1-15,26-28,35,50H,16-25,29-30H2,(H,51,55)/t35-/m1/s1. The number of anilines is 2. The molecule has 1 aromatic heterocycles. The molecule has 3 heterocycles. The van der Waals surface area contributed by atoms with E-state index in [9.17, 15) is 34.8 Å². The maximum absolute atomic E-state index is 14.1. The van der Waals surface area contributed by atoms with Gasteiger partial charge in [-0.25, -0.2) is 31.5 Å². The van der Waals surface area contributed by atoms with E-state index in [4.69, 9.17) is 16.3 Å². The Morgan fingerprint density at radius 3 is 2.17 bits per heavy atom. The number of thioether (sulfide) groups is 1. The summed E-state index contributed by atoms with van der Waals surface area (Å²) in [5.41, 5.74) is -3.07. The first-order valence-corrected chi connectivity index (χ1v) is 24.4. The van der Waals surface area contributed by atoms with Gasteiger partial charge in [0, 0.05) is 86.5 Å². The first-order valence-electron chi connectivity index (χ1n) is 20.1. The number of benzene rings is 4.